The van der Waals surface area contributed by atoms with E-state index in [1.54, 1.807) is 0 Å². The first-order chi connectivity index (χ1) is 18.9. The summed E-state index contributed by atoms with van der Waals surface area (Å²) in [5.41, 5.74) is 1.03. The number of phosphoric acid groups is 1. The number of benzene rings is 1. The van der Waals surface area contributed by atoms with Crippen LogP contribution in [0.3, 0.4) is 0 Å². The van der Waals surface area contributed by atoms with Gasteiger partial charge in [-0.25, -0.2) is 4.57 Å². The van der Waals surface area contributed by atoms with Gasteiger partial charge < -0.3 is 19.7 Å². The number of unbranched alkanes of at least 4 members (excludes halogenated alkanes) is 12. The normalized spacial score (nSPS) is 13.7. The fourth-order valence-corrected chi connectivity index (χ4v) is 5.49. The van der Waals surface area contributed by atoms with Crippen LogP contribution in [0, 0.1) is 5.92 Å². The van der Waals surface area contributed by atoms with Crippen LogP contribution in [0.25, 0.3) is 0 Å². The quantitative estimate of drug-likeness (QED) is 0.0872. The van der Waals surface area contributed by atoms with Crippen molar-refractivity contribution >= 4 is 13.6 Å². The maximum atomic E-state index is 12.2. The van der Waals surface area contributed by atoms with Crippen LogP contribution >= 0.6 is 7.82 Å². The molecule has 0 fully saturated rings. The molecule has 0 spiro atoms. The number of carbonyl (C=O) groups excluding carboxylic acids is 1. The molecule has 226 valence electrons. The summed E-state index contributed by atoms with van der Waals surface area (Å²) in [4.78, 5) is 21.7. The van der Waals surface area contributed by atoms with Gasteiger partial charge in [-0.1, -0.05) is 89.7 Å². The Labute approximate surface area is 238 Å². The van der Waals surface area contributed by atoms with E-state index in [1.165, 1.54) is 77.6 Å². The highest BCUT2D eigenvalue weighted by atomic mass is 31.2. The Kier molecular flexibility index (Phi) is 21.5. The minimum Gasteiger partial charge on any atom is -0.494 e. The van der Waals surface area contributed by atoms with Crippen molar-refractivity contribution in [1.82, 2.24) is 0 Å². The molecule has 0 aliphatic rings. The van der Waals surface area contributed by atoms with Crippen molar-refractivity contribution in [2.24, 2.45) is 5.92 Å². The van der Waals surface area contributed by atoms with Gasteiger partial charge in [-0.15, -0.1) is 0 Å². The highest BCUT2D eigenvalue weighted by molar-refractivity contribution is 7.47. The third kappa shape index (κ3) is 21.2. The van der Waals surface area contributed by atoms with Crippen molar-refractivity contribution in [3.05, 3.63) is 29.8 Å². The molecule has 1 rings (SSSR count). The van der Waals surface area contributed by atoms with Gasteiger partial charge >= 0.3 is 7.82 Å². The van der Waals surface area contributed by atoms with Gasteiger partial charge in [0.2, 0.25) is 0 Å². The zero-order valence-corrected chi connectivity index (χ0v) is 25.9. The fraction of sp³-hybridized carbons (Fsp3) is 0.774. The largest absolute Gasteiger partial charge is 0.494 e. The van der Waals surface area contributed by atoms with Gasteiger partial charge in [0.25, 0.3) is 0 Å². The molecule has 1 aromatic carbocycles. The second kappa shape index (κ2) is 23.5. The van der Waals surface area contributed by atoms with E-state index in [-0.39, 0.29) is 31.3 Å². The Morgan fingerprint density at radius 1 is 0.846 bits per heavy atom. The summed E-state index contributed by atoms with van der Waals surface area (Å²) in [6, 6.07) is 7.89. The zero-order valence-electron chi connectivity index (χ0n) is 25.0. The van der Waals surface area contributed by atoms with Crippen LogP contribution < -0.4 is 10.1 Å². The average molecular weight is 571 g/mol. The fourth-order valence-electron chi connectivity index (χ4n) is 4.65. The first-order valence-corrected chi connectivity index (χ1v) is 17.0. The lowest BCUT2D eigenvalue weighted by Gasteiger charge is -2.18. The number of carbonyl (C=O) groups is 1. The van der Waals surface area contributed by atoms with E-state index in [2.05, 4.69) is 12.2 Å². The SMILES string of the molecule is CCCCCCCCCCCCCCOc1ccc(CC(COP(=O)(O)OCCCC[NH2+]C)CC(C)=O)cc1. The molecule has 0 bridgehead atoms. The van der Waals surface area contributed by atoms with Crippen LogP contribution in [0.15, 0.2) is 24.3 Å². The van der Waals surface area contributed by atoms with E-state index in [0.717, 1.165) is 37.3 Å². The third-order valence-electron chi connectivity index (χ3n) is 6.91. The zero-order chi connectivity index (χ0) is 28.6. The lowest BCUT2D eigenvalue weighted by atomic mass is 9.95. The summed E-state index contributed by atoms with van der Waals surface area (Å²) in [5, 5.41) is 2.06. The smallest absolute Gasteiger partial charge is 0.472 e. The van der Waals surface area contributed by atoms with Crippen LogP contribution in [0.4, 0.5) is 0 Å². The summed E-state index contributed by atoms with van der Waals surface area (Å²) in [5.74, 6) is 0.666. The molecule has 0 heterocycles. The minimum absolute atomic E-state index is 0.00664. The lowest BCUT2D eigenvalue weighted by Crippen LogP contribution is -2.79. The second-order valence-corrected chi connectivity index (χ2v) is 12.3. The topological polar surface area (TPSA) is 98.7 Å². The van der Waals surface area contributed by atoms with Crippen molar-refractivity contribution in [2.45, 2.75) is 117 Å². The molecule has 3 N–H and O–H groups in total. The summed E-state index contributed by atoms with van der Waals surface area (Å²) < 4.78 is 28.4. The molecule has 0 amide bonds. The maximum absolute atomic E-state index is 12.2. The Balaban J connectivity index is 2.25. The van der Waals surface area contributed by atoms with Gasteiger partial charge in [-0.3, -0.25) is 9.05 Å². The first kappa shape index (κ1) is 35.8. The van der Waals surface area contributed by atoms with Gasteiger partial charge in [0, 0.05) is 6.42 Å². The molecule has 1 aromatic rings. The van der Waals surface area contributed by atoms with Crippen molar-refractivity contribution in [3.63, 3.8) is 0 Å². The molecule has 2 atom stereocenters. The van der Waals surface area contributed by atoms with Crippen LogP contribution in [0.1, 0.15) is 116 Å². The molecule has 0 aliphatic carbocycles. The van der Waals surface area contributed by atoms with E-state index in [4.69, 9.17) is 13.8 Å². The molecule has 39 heavy (non-hydrogen) atoms. The number of hydrogen-bond donors (Lipinski definition) is 2. The van der Waals surface area contributed by atoms with Gasteiger partial charge in [0.1, 0.15) is 11.5 Å². The van der Waals surface area contributed by atoms with Crippen molar-refractivity contribution in [2.75, 3.05) is 33.4 Å². The highest BCUT2D eigenvalue weighted by Gasteiger charge is 2.24. The summed E-state index contributed by atoms with van der Waals surface area (Å²) in [6.45, 7) is 5.64. The Hall–Kier alpha value is -1.24. The lowest BCUT2D eigenvalue weighted by molar-refractivity contribution is -0.627. The molecule has 8 heteroatoms. The Morgan fingerprint density at radius 3 is 1.97 bits per heavy atom. The van der Waals surface area contributed by atoms with Crippen LogP contribution in [0.2, 0.25) is 0 Å². The summed E-state index contributed by atoms with van der Waals surface area (Å²) in [6.07, 6.45) is 18.4. The number of quaternary nitrogens is 1. The van der Waals surface area contributed by atoms with E-state index < -0.39 is 7.82 Å². The first-order valence-electron chi connectivity index (χ1n) is 15.5. The number of hydrogen-bond acceptors (Lipinski definition) is 5. The molecule has 0 aliphatic heterocycles. The highest BCUT2D eigenvalue weighted by Crippen LogP contribution is 2.44. The maximum Gasteiger partial charge on any atom is 0.472 e. The van der Waals surface area contributed by atoms with Crippen LogP contribution in [0.5, 0.6) is 5.75 Å². The number of ketones is 1. The minimum atomic E-state index is -4.13. The molecule has 0 saturated carbocycles. The molecular weight excluding hydrogens is 513 g/mol. The van der Waals surface area contributed by atoms with E-state index >= 15 is 0 Å². The second-order valence-electron chi connectivity index (χ2n) is 10.9. The molecule has 0 radical (unpaired) electrons. The number of Topliss-reactive ketones (excluding diaryl/α,β-unsaturated/α-hetero) is 1. The van der Waals surface area contributed by atoms with Gasteiger partial charge in [0.05, 0.1) is 33.4 Å². The molecule has 0 aromatic heterocycles. The van der Waals surface area contributed by atoms with Crippen molar-refractivity contribution in [3.8, 4) is 5.75 Å². The van der Waals surface area contributed by atoms with Crippen LogP contribution in [-0.4, -0.2) is 44.1 Å². The number of phosphoric ester groups is 1. The standard InChI is InChI=1S/C31H56NO6P/c1-4-5-6-7-8-9-10-11-12-13-14-16-23-36-31-20-18-29(19-21-31)26-30(25-28(2)33)27-38-39(34,35)37-24-17-15-22-32-3/h18-21,30,32H,4-17,22-27H2,1-3H3,(H,34,35)/p+1. The molecular formula is C31H57NO6P+. The molecule has 2 unspecified atom stereocenters. The van der Waals surface area contributed by atoms with Crippen LogP contribution in [-0.2, 0) is 24.8 Å². The molecule has 7 nitrogen and oxygen atoms in total. The predicted molar refractivity (Wildman–Crippen MR) is 159 cm³/mol. The Bertz CT molecular complexity index is 773. The van der Waals surface area contributed by atoms with Crippen molar-refractivity contribution < 1.29 is 33.4 Å². The summed E-state index contributed by atoms with van der Waals surface area (Å²) >= 11 is 0. The number of nitrogens with two attached hydrogens (primary N) is 1. The average Bonchev–Trinajstić information content (AvgIpc) is 2.90. The number of rotatable bonds is 27. The predicted octanol–water partition coefficient (Wildman–Crippen LogP) is 7.01. The van der Waals surface area contributed by atoms with E-state index in [9.17, 15) is 14.3 Å². The molecule has 0 saturated heterocycles. The van der Waals surface area contributed by atoms with E-state index in [1.807, 2.05) is 31.3 Å². The summed E-state index contributed by atoms with van der Waals surface area (Å²) in [7, 11) is -2.14. The third-order valence-corrected chi connectivity index (χ3v) is 7.89. The monoisotopic (exact) mass is 570 g/mol. The van der Waals surface area contributed by atoms with Gasteiger partial charge in [-0.2, -0.15) is 0 Å². The Morgan fingerprint density at radius 2 is 1.41 bits per heavy atom. The van der Waals surface area contributed by atoms with Gasteiger partial charge in [-0.05, 0) is 56.2 Å². The van der Waals surface area contributed by atoms with Crippen molar-refractivity contribution in [1.29, 1.82) is 0 Å². The van der Waals surface area contributed by atoms with E-state index in [0.29, 0.717) is 12.8 Å². The van der Waals surface area contributed by atoms with Gasteiger partial charge in [0.15, 0.2) is 0 Å². The number of ether oxygens (including phenoxy) is 1.